The van der Waals surface area contributed by atoms with Crippen LogP contribution in [0.4, 0.5) is 19.1 Å². The van der Waals surface area contributed by atoms with Gasteiger partial charge in [-0.3, -0.25) is 0 Å². The van der Waals surface area contributed by atoms with Gasteiger partial charge in [0.25, 0.3) is 0 Å². The first-order chi connectivity index (χ1) is 13.4. The molecule has 6 nitrogen and oxygen atoms in total. The van der Waals surface area contributed by atoms with E-state index in [0.717, 1.165) is 17.7 Å². The SMILES string of the molecule is COc1ccc(CNc2nncc(-c3cccc(C(F)(F)F)c3)n2)cc1OC. The van der Waals surface area contributed by atoms with Crippen LogP contribution in [0, 0.1) is 0 Å². The van der Waals surface area contributed by atoms with E-state index in [-0.39, 0.29) is 11.6 Å². The third-order valence-electron chi connectivity index (χ3n) is 3.94. The molecule has 3 aromatic rings. The lowest BCUT2D eigenvalue weighted by Gasteiger charge is -2.11. The fourth-order valence-electron chi connectivity index (χ4n) is 2.54. The first-order valence-electron chi connectivity index (χ1n) is 8.23. The van der Waals surface area contributed by atoms with Crippen LogP contribution in [-0.2, 0) is 12.7 Å². The molecule has 0 atom stereocenters. The molecule has 1 heterocycles. The highest BCUT2D eigenvalue weighted by molar-refractivity contribution is 5.60. The Labute approximate surface area is 159 Å². The maximum Gasteiger partial charge on any atom is 0.416 e. The summed E-state index contributed by atoms with van der Waals surface area (Å²) >= 11 is 0. The molecule has 0 bridgehead atoms. The monoisotopic (exact) mass is 390 g/mol. The van der Waals surface area contributed by atoms with Gasteiger partial charge in [-0.1, -0.05) is 18.2 Å². The van der Waals surface area contributed by atoms with Crippen molar-refractivity contribution in [1.82, 2.24) is 15.2 Å². The normalized spacial score (nSPS) is 11.2. The smallest absolute Gasteiger partial charge is 0.416 e. The number of nitrogens with one attached hydrogen (secondary N) is 1. The first-order valence-corrected chi connectivity index (χ1v) is 8.23. The molecule has 3 rings (SSSR count). The molecule has 2 aromatic carbocycles. The summed E-state index contributed by atoms with van der Waals surface area (Å²) in [5.74, 6) is 1.39. The molecule has 9 heteroatoms. The van der Waals surface area contributed by atoms with E-state index in [1.54, 1.807) is 26.4 Å². The van der Waals surface area contributed by atoms with E-state index in [1.165, 1.54) is 18.3 Å². The topological polar surface area (TPSA) is 69.2 Å². The number of ether oxygens (including phenoxy) is 2. The van der Waals surface area contributed by atoms with Crippen LogP contribution in [-0.4, -0.2) is 29.4 Å². The molecule has 0 saturated heterocycles. The maximum atomic E-state index is 12.9. The standard InChI is InChI=1S/C19H17F3N4O2/c1-27-16-7-6-12(8-17(16)28-2)10-23-18-25-15(11-24-26-18)13-4-3-5-14(9-13)19(20,21)22/h3-9,11H,10H2,1-2H3,(H,23,25,26). The summed E-state index contributed by atoms with van der Waals surface area (Å²) in [5.41, 5.74) is 0.726. The van der Waals surface area contributed by atoms with Crippen molar-refractivity contribution < 1.29 is 22.6 Å². The summed E-state index contributed by atoms with van der Waals surface area (Å²) in [5, 5.41) is 10.7. The molecule has 0 fully saturated rings. The molecule has 0 saturated carbocycles. The van der Waals surface area contributed by atoms with E-state index in [4.69, 9.17) is 9.47 Å². The largest absolute Gasteiger partial charge is 0.493 e. The number of alkyl halides is 3. The average molecular weight is 390 g/mol. The Hall–Kier alpha value is -3.36. The number of nitrogens with zero attached hydrogens (tertiary/aromatic N) is 3. The van der Waals surface area contributed by atoms with Gasteiger partial charge in [-0.15, -0.1) is 5.10 Å². The Kier molecular flexibility index (Phi) is 5.62. The Morgan fingerprint density at radius 3 is 2.50 bits per heavy atom. The minimum atomic E-state index is -4.43. The van der Waals surface area contributed by atoms with Crippen molar-refractivity contribution in [3.05, 3.63) is 59.8 Å². The van der Waals surface area contributed by atoms with Crippen LogP contribution >= 0.6 is 0 Å². The molecule has 0 amide bonds. The Bertz CT molecular complexity index is 964. The number of hydrogen-bond acceptors (Lipinski definition) is 6. The summed E-state index contributed by atoms with van der Waals surface area (Å²) in [6, 6.07) is 10.3. The highest BCUT2D eigenvalue weighted by atomic mass is 19.4. The van der Waals surface area contributed by atoms with Gasteiger partial charge in [-0.05, 0) is 29.8 Å². The lowest BCUT2D eigenvalue weighted by molar-refractivity contribution is -0.137. The quantitative estimate of drug-likeness (QED) is 0.681. The minimum Gasteiger partial charge on any atom is -0.493 e. The number of benzene rings is 2. The average Bonchev–Trinajstić information content (AvgIpc) is 2.71. The van der Waals surface area contributed by atoms with Gasteiger partial charge >= 0.3 is 6.18 Å². The van der Waals surface area contributed by atoms with E-state index in [0.29, 0.717) is 23.6 Å². The van der Waals surface area contributed by atoms with Crippen LogP contribution in [0.25, 0.3) is 11.3 Å². The molecule has 0 aliphatic heterocycles. The van der Waals surface area contributed by atoms with Crippen molar-refractivity contribution in [2.45, 2.75) is 12.7 Å². The van der Waals surface area contributed by atoms with Crippen LogP contribution in [0.1, 0.15) is 11.1 Å². The first kappa shape index (κ1) is 19.4. The zero-order valence-electron chi connectivity index (χ0n) is 15.1. The Morgan fingerprint density at radius 2 is 1.79 bits per heavy atom. The third-order valence-corrected chi connectivity index (χ3v) is 3.94. The van der Waals surface area contributed by atoms with Crippen molar-refractivity contribution in [2.75, 3.05) is 19.5 Å². The second-order valence-electron chi connectivity index (χ2n) is 5.79. The van der Waals surface area contributed by atoms with Gasteiger partial charge in [0.2, 0.25) is 5.95 Å². The second kappa shape index (κ2) is 8.12. The van der Waals surface area contributed by atoms with Crippen LogP contribution in [0.3, 0.4) is 0 Å². The zero-order valence-corrected chi connectivity index (χ0v) is 15.1. The van der Waals surface area contributed by atoms with Gasteiger partial charge in [0.05, 0.1) is 31.7 Å². The van der Waals surface area contributed by atoms with Crippen molar-refractivity contribution in [3.8, 4) is 22.8 Å². The highest BCUT2D eigenvalue weighted by Crippen LogP contribution is 2.32. The van der Waals surface area contributed by atoms with Gasteiger partial charge < -0.3 is 14.8 Å². The van der Waals surface area contributed by atoms with Crippen LogP contribution in [0.2, 0.25) is 0 Å². The van der Waals surface area contributed by atoms with E-state index in [1.807, 2.05) is 6.07 Å². The fraction of sp³-hybridized carbons (Fsp3) is 0.211. The predicted molar refractivity (Wildman–Crippen MR) is 97.1 cm³/mol. The van der Waals surface area contributed by atoms with E-state index < -0.39 is 11.7 Å². The van der Waals surface area contributed by atoms with Gasteiger partial charge in [0.1, 0.15) is 0 Å². The lowest BCUT2D eigenvalue weighted by Crippen LogP contribution is -2.07. The van der Waals surface area contributed by atoms with Crippen molar-refractivity contribution in [3.63, 3.8) is 0 Å². The molecule has 0 aliphatic rings. The van der Waals surface area contributed by atoms with E-state index >= 15 is 0 Å². The lowest BCUT2D eigenvalue weighted by atomic mass is 10.1. The van der Waals surface area contributed by atoms with Crippen LogP contribution in [0.15, 0.2) is 48.7 Å². The summed E-state index contributed by atoms with van der Waals surface area (Å²) in [7, 11) is 3.09. The molecule has 1 N–H and O–H groups in total. The van der Waals surface area contributed by atoms with E-state index in [2.05, 4.69) is 20.5 Å². The third kappa shape index (κ3) is 4.48. The number of anilines is 1. The minimum absolute atomic E-state index is 0.199. The number of hydrogen-bond donors (Lipinski definition) is 1. The molecule has 0 aliphatic carbocycles. The molecule has 146 valence electrons. The van der Waals surface area contributed by atoms with Gasteiger partial charge in [-0.25, -0.2) is 4.98 Å². The van der Waals surface area contributed by atoms with Gasteiger partial charge in [0.15, 0.2) is 11.5 Å². The molecule has 0 radical (unpaired) electrons. The fourth-order valence-corrected chi connectivity index (χ4v) is 2.54. The number of halogens is 3. The maximum absolute atomic E-state index is 12.9. The summed E-state index contributed by atoms with van der Waals surface area (Å²) in [6.45, 7) is 0.369. The molecule has 1 aromatic heterocycles. The number of rotatable bonds is 6. The summed E-state index contributed by atoms with van der Waals surface area (Å²) < 4.78 is 49.2. The predicted octanol–water partition coefficient (Wildman–Crippen LogP) is 4.19. The summed E-state index contributed by atoms with van der Waals surface area (Å²) in [4.78, 5) is 4.25. The van der Waals surface area contributed by atoms with Crippen molar-refractivity contribution >= 4 is 5.95 Å². The zero-order chi connectivity index (χ0) is 20.1. The van der Waals surface area contributed by atoms with Crippen LogP contribution < -0.4 is 14.8 Å². The van der Waals surface area contributed by atoms with E-state index in [9.17, 15) is 13.2 Å². The van der Waals surface area contributed by atoms with Crippen LogP contribution in [0.5, 0.6) is 11.5 Å². The highest BCUT2D eigenvalue weighted by Gasteiger charge is 2.30. The van der Waals surface area contributed by atoms with Gasteiger partial charge in [0, 0.05) is 12.1 Å². The van der Waals surface area contributed by atoms with Crippen molar-refractivity contribution in [1.29, 1.82) is 0 Å². The summed E-state index contributed by atoms with van der Waals surface area (Å²) in [6.07, 6.45) is -3.11. The number of methoxy groups -OCH3 is 2. The molecular formula is C19H17F3N4O2. The van der Waals surface area contributed by atoms with Crippen molar-refractivity contribution in [2.24, 2.45) is 0 Å². The van der Waals surface area contributed by atoms with Gasteiger partial charge in [-0.2, -0.15) is 18.3 Å². The Balaban J connectivity index is 1.77. The molecule has 0 unspecified atom stereocenters. The molecule has 28 heavy (non-hydrogen) atoms. The number of aromatic nitrogens is 3. The second-order valence-corrected chi connectivity index (χ2v) is 5.79. The molecular weight excluding hydrogens is 373 g/mol. The molecule has 0 spiro atoms. The Morgan fingerprint density at radius 1 is 1.00 bits per heavy atom.